The molecule has 2 unspecified atom stereocenters. The average Bonchev–Trinajstić information content (AvgIpc) is 3.03. The minimum Gasteiger partial charge on any atom is -0.481 e. The van der Waals surface area contributed by atoms with Crippen LogP contribution in [0.4, 0.5) is 4.39 Å². The van der Waals surface area contributed by atoms with Gasteiger partial charge in [0.15, 0.2) is 5.69 Å². The molecule has 0 radical (unpaired) electrons. The Balaban J connectivity index is 1.81. The quantitative estimate of drug-likeness (QED) is 0.935. The van der Waals surface area contributed by atoms with Gasteiger partial charge in [-0.15, -0.1) is 0 Å². The Hall–Kier alpha value is -2.70. The molecule has 7 heteroatoms. The lowest BCUT2D eigenvalue weighted by atomic mass is 9.90. The van der Waals surface area contributed by atoms with E-state index in [0.717, 1.165) is 0 Å². The van der Waals surface area contributed by atoms with Crippen LogP contribution in [0.25, 0.3) is 5.69 Å². The van der Waals surface area contributed by atoms with Gasteiger partial charge in [0, 0.05) is 19.3 Å². The molecule has 2 aromatic rings. The zero-order valence-electron chi connectivity index (χ0n) is 13.2. The number of nitrogens with zero attached hydrogens (tertiary/aromatic N) is 3. The second-order valence-electron chi connectivity index (χ2n) is 6.18. The molecule has 1 amide bonds. The number of carboxylic acids is 1. The Morgan fingerprint density at radius 3 is 2.71 bits per heavy atom. The highest BCUT2D eigenvalue weighted by Crippen LogP contribution is 2.23. The van der Waals surface area contributed by atoms with Gasteiger partial charge < -0.3 is 10.0 Å². The Labute approximate surface area is 138 Å². The van der Waals surface area contributed by atoms with Gasteiger partial charge in [-0.25, -0.2) is 9.07 Å². The van der Waals surface area contributed by atoms with Gasteiger partial charge in [0.25, 0.3) is 5.91 Å². The lowest BCUT2D eigenvalue weighted by molar-refractivity contribution is -0.143. The maximum absolute atomic E-state index is 13.8. The number of hydrogen-bond donors (Lipinski definition) is 1. The van der Waals surface area contributed by atoms with E-state index in [-0.39, 0.29) is 29.8 Å². The van der Waals surface area contributed by atoms with Crippen LogP contribution in [0, 0.1) is 17.7 Å². The lowest BCUT2D eigenvalue weighted by Gasteiger charge is -2.34. The van der Waals surface area contributed by atoms with Crippen molar-refractivity contribution in [3.05, 3.63) is 48.0 Å². The van der Waals surface area contributed by atoms with E-state index in [1.165, 1.54) is 27.9 Å². The van der Waals surface area contributed by atoms with E-state index in [4.69, 9.17) is 0 Å². The summed E-state index contributed by atoms with van der Waals surface area (Å²) in [6.07, 6.45) is 2.08. The van der Waals surface area contributed by atoms with E-state index in [9.17, 15) is 19.1 Å². The summed E-state index contributed by atoms with van der Waals surface area (Å²) in [7, 11) is 0. The minimum atomic E-state index is -0.892. The van der Waals surface area contributed by atoms with E-state index >= 15 is 0 Å². The normalized spacial score (nSPS) is 20.8. The van der Waals surface area contributed by atoms with E-state index in [2.05, 4.69) is 5.10 Å². The maximum Gasteiger partial charge on any atom is 0.308 e. The summed E-state index contributed by atoms with van der Waals surface area (Å²) >= 11 is 0. The number of halogens is 1. The molecule has 1 N–H and O–H groups in total. The van der Waals surface area contributed by atoms with Crippen LogP contribution in [-0.4, -0.2) is 44.8 Å². The van der Waals surface area contributed by atoms with Gasteiger partial charge in [-0.2, -0.15) is 5.10 Å². The number of piperidine rings is 1. The molecule has 126 valence electrons. The summed E-state index contributed by atoms with van der Waals surface area (Å²) < 4.78 is 15.1. The van der Waals surface area contributed by atoms with Gasteiger partial charge in [-0.3, -0.25) is 9.59 Å². The highest BCUT2D eigenvalue weighted by atomic mass is 19.1. The van der Waals surface area contributed by atoms with Gasteiger partial charge in [-0.05, 0) is 30.5 Å². The van der Waals surface area contributed by atoms with Crippen molar-refractivity contribution in [2.75, 3.05) is 13.1 Å². The van der Waals surface area contributed by atoms with Crippen LogP contribution in [0.15, 0.2) is 36.5 Å². The number of para-hydroxylation sites is 1. The third kappa shape index (κ3) is 3.15. The number of aliphatic carboxylic acids is 1. The zero-order valence-corrected chi connectivity index (χ0v) is 13.2. The Morgan fingerprint density at radius 2 is 2.00 bits per heavy atom. The summed E-state index contributed by atoms with van der Waals surface area (Å²) in [5.41, 5.74) is 0.434. The number of likely N-dealkylation sites (tertiary alicyclic amines) is 1. The summed E-state index contributed by atoms with van der Waals surface area (Å²) in [6.45, 7) is 2.59. The van der Waals surface area contributed by atoms with E-state index in [0.29, 0.717) is 13.0 Å². The summed E-state index contributed by atoms with van der Waals surface area (Å²) in [5.74, 6) is -2.11. The average molecular weight is 331 g/mol. The van der Waals surface area contributed by atoms with Crippen LogP contribution < -0.4 is 0 Å². The van der Waals surface area contributed by atoms with Crippen molar-refractivity contribution >= 4 is 11.9 Å². The molecule has 24 heavy (non-hydrogen) atoms. The van der Waals surface area contributed by atoms with Crippen LogP contribution in [0.1, 0.15) is 23.8 Å². The van der Waals surface area contributed by atoms with Crippen LogP contribution in [-0.2, 0) is 4.79 Å². The molecular weight excluding hydrogens is 313 g/mol. The van der Waals surface area contributed by atoms with Gasteiger partial charge in [-0.1, -0.05) is 19.1 Å². The topological polar surface area (TPSA) is 75.4 Å². The molecule has 0 bridgehead atoms. The van der Waals surface area contributed by atoms with Crippen molar-refractivity contribution in [2.45, 2.75) is 13.3 Å². The number of benzene rings is 1. The molecule has 2 heterocycles. The molecule has 0 aliphatic carbocycles. The minimum absolute atomic E-state index is 0.109. The molecule has 1 aliphatic rings. The lowest BCUT2D eigenvalue weighted by Crippen LogP contribution is -2.45. The van der Waals surface area contributed by atoms with E-state index in [1.54, 1.807) is 18.2 Å². The Bertz CT molecular complexity index is 774. The fourth-order valence-corrected chi connectivity index (χ4v) is 3.07. The monoisotopic (exact) mass is 331 g/mol. The van der Waals surface area contributed by atoms with Crippen molar-refractivity contribution < 1.29 is 19.1 Å². The fraction of sp³-hybridized carbons (Fsp3) is 0.353. The van der Waals surface area contributed by atoms with Crippen molar-refractivity contribution in [3.63, 3.8) is 0 Å². The molecule has 1 saturated heterocycles. The predicted molar refractivity (Wildman–Crippen MR) is 84.3 cm³/mol. The van der Waals surface area contributed by atoms with Crippen molar-refractivity contribution in [1.82, 2.24) is 14.7 Å². The first-order valence-electron chi connectivity index (χ1n) is 7.78. The van der Waals surface area contributed by atoms with E-state index in [1.807, 2.05) is 6.92 Å². The number of carbonyl (C=O) groups is 2. The first-order valence-corrected chi connectivity index (χ1v) is 7.78. The highest BCUT2D eigenvalue weighted by molar-refractivity contribution is 5.92. The highest BCUT2D eigenvalue weighted by Gasteiger charge is 2.33. The number of amides is 1. The zero-order chi connectivity index (χ0) is 17.3. The van der Waals surface area contributed by atoms with E-state index < -0.39 is 17.7 Å². The van der Waals surface area contributed by atoms with Crippen LogP contribution in [0.3, 0.4) is 0 Å². The molecule has 1 aromatic carbocycles. The van der Waals surface area contributed by atoms with Crippen LogP contribution in [0.2, 0.25) is 0 Å². The Morgan fingerprint density at radius 1 is 1.25 bits per heavy atom. The third-order valence-corrected chi connectivity index (χ3v) is 4.20. The molecule has 6 nitrogen and oxygen atoms in total. The van der Waals surface area contributed by atoms with Crippen molar-refractivity contribution in [2.24, 2.45) is 11.8 Å². The Kier molecular flexibility index (Phi) is 4.33. The number of carboxylic acid groups (broad SMARTS) is 1. The third-order valence-electron chi connectivity index (χ3n) is 4.20. The van der Waals surface area contributed by atoms with Gasteiger partial charge in [0.1, 0.15) is 11.5 Å². The second kappa shape index (κ2) is 6.43. The second-order valence-corrected chi connectivity index (χ2v) is 6.18. The fourth-order valence-electron chi connectivity index (χ4n) is 3.07. The molecular formula is C17H18FN3O3. The standard InChI is InChI=1S/C17H18FN3O3/c1-11-8-12(17(23)24)10-20(9-11)16(22)14-6-7-21(19-14)15-5-3-2-4-13(15)18/h2-7,11-12H,8-10H2,1H3,(H,23,24). The molecule has 1 fully saturated rings. The number of rotatable bonds is 3. The summed E-state index contributed by atoms with van der Waals surface area (Å²) in [4.78, 5) is 25.4. The number of aromatic nitrogens is 2. The summed E-state index contributed by atoms with van der Waals surface area (Å²) in [6, 6.07) is 7.67. The first-order chi connectivity index (χ1) is 11.5. The molecule has 1 aromatic heterocycles. The van der Waals surface area contributed by atoms with Gasteiger partial charge in [0.05, 0.1) is 5.92 Å². The van der Waals surface area contributed by atoms with Gasteiger partial charge in [0.2, 0.25) is 0 Å². The maximum atomic E-state index is 13.8. The largest absolute Gasteiger partial charge is 0.481 e. The first kappa shape index (κ1) is 16.2. The molecule has 0 spiro atoms. The van der Waals surface area contributed by atoms with Crippen LogP contribution in [0.5, 0.6) is 0 Å². The smallest absolute Gasteiger partial charge is 0.308 e. The molecule has 1 aliphatic heterocycles. The summed E-state index contributed by atoms with van der Waals surface area (Å²) in [5, 5.41) is 13.4. The van der Waals surface area contributed by atoms with Gasteiger partial charge >= 0.3 is 5.97 Å². The molecule has 3 rings (SSSR count). The predicted octanol–water partition coefficient (Wildman–Crippen LogP) is 2.19. The molecule has 0 saturated carbocycles. The van der Waals surface area contributed by atoms with Crippen LogP contribution >= 0.6 is 0 Å². The van der Waals surface area contributed by atoms with Crippen molar-refractivity contribution in [1.29, 1.82) is 0 Å². The molecule has 2 atom stereocenters. The van der Waals surface area contributed by atoms with Crippen molar-refractivity contribution in [3.8, 4) is 5.69 Å². The SMILES string of the molecule is CC1CC(C(=O)O)CN(C(=O)c2ccn(-c3ccccc3F)n2)C1. The number of carbonyl (C=O) groups excluding carboxylic acids is 1. The number of hydrogen-bond acceptors (Lipinski definition) is 3.